The van der Waals surface area contributed by atoms with Gasteiger partial charge in [-0.2, -0.15) is 0 Å². The zero-order valence-electron chi connectivity index (χ0n) is 13.5. The Morgan fingerprint density at radius 2 is 1.82 bits per heavy atom. The van der Waals surface area contributed by atoms with E-state index >= 15 is 0 Å². The third-order valence-electron chi connectivity index (χ3n) is 3.68. The fourth-order valence-electron chi connectivity index (χ4n) is 2.33. The van der Waals surface area contributed by atoms with Gasteiger partial charge in [-0.1, -0.05) is 68.8 Å². The third-order valence-corrected chi connectivity index (χ3v) is 3.91. The minimum Gasteiger partial charge on any atom is -0.368 e. The van der Waals surface area contributed by atoms with Crippen LogP contribution in [-0.2, 0) is 16.8 Å². The summed E-state index contributed by atoms with van der Waals surface area (Å²) in [7, 11) is 0. The van der Waals surface area contributed by atoms with Crippen molar-refractivity contribution in [1.29, 1.82) is 0 Å². The van der Waals surface area contributed by atoms with Gasteiger partial charge in [-0.15, -0.1) is 0 Å². The Hall–Kier alpha value is -1.35. The van der Waals surface area contributed by atoms with Crippen molar-refractivity contribution in [3.05, 3.63) is 70.2 Å². The molecule has 0 aliphatic carbocycles. The van der Waals surface area contributed by atoms with Crippen LogP contribution >= 0.6 is 11.6 Å². The number of halogens is 1. The van der Waals surface area contributed by atoms with Crippen LogP contribution in [0.3, 0.4) is 0 Å². The largest absolute Gasteiger partial charge is 0.368 e. The molecule has 0 spiro atoms. The Bertz CT molecular complexity index is 619. The SMILES string of the molecule is CC(C)(C)c1cccc(CO[C@@H](CN)c2cccc(Cl)c2)c1. The highest BCUT2D eigenvalue weighted by Gasteiger charge is 2.15. The lowest BCUT2D eigenvalue weighted by Gasteiger charge is -2.21. The monoisotopic (exact) mass is 317 g/mol. The van der Waals surface area contributed by atoms with Crippen molar-refractivity contribution in [2.24, 2.45) is 5.73 Å². The molecule has 0 aliphatic rings. The number of hydrogen-bond donors (Lipinski definition) is 1. The van der Waals surface area contributed by atoms with Crippen LogP contribution in [0.1, 0.15) is 43.6 Å². The standard InChI is InChI=1S/C19H24ClNO/c1-19(2,3)16-8-4-6-14(10-16)13-22-18(12-21)15-7-5-9-17(20)11-15/h4-11,18H,12-13,21H2,1-3H3/t18-/m0/s1. The average molecular weight is 318 g/mol. The first kappa shape index (κ1) is 17.0. The van der Waals surface area contributed by atoms with Gasteiger partial charge in [0.05, 0.1) is 12.7 Å². The maximum absolute atomic E-state index is 6.04. The minimum atomic E-state index is -0.142. The number of benzene rings is 2. The van der Waals surface area contributed by atoms with Crippen molar-refractivity contribution in [3.8, 4) is 0 Å². The first-order valence-corrected chi connectivity index (χ1v) is 7.94. The predicted molar refractivity (Wildman–Crippen MR) is 93.2 cm³/mol. The zero-order chi connectivity index (χ0) is 16.2. The van der Waals surface area contributed by atoms with Crippen molar-refractivity contribution in [3.63, 3.8) is 0 Å². The molecule has 118 valence electrons. The van der Waals surface area contributed by atoms with Crippen LogP contribution in [0.25, 0.3) is 0 Å². The van der Waals surface area contributed by atoms with Crippen LogP contribution in [-0.4, -0.2) is 6.54 Å². The molecule has 0 amide bonds. The van der Waals surface area contributed by atoms with Crippen LogP contribution in [0.4, 0.5) is 0 Å². The van der Waals surface area contributed by atoms with Gasteiger partial charge in [-0.05, 0) is 34.2 Å². The fraction of sp³-hybridized carbons (Fsp3) is 0.368. The van der Waals surface area contributed by atoms with Crippen LogP contribution in [0, 0.1) is 0 Å². The molecule has 0 fully saturated rings. The summed E-state index contributed by atoms with van der Waals surface area (Å²) in [5, 5.41) is 0.703. The lowest BCUT2D eigenvalue weighted by Crippen LogP contribution is -2.16. The summed E-state index contributed by atoms with van der Waals surface area (Å²) >= 11 is 6.04. The van der Waals surface area contributed by atoms with E-state index in [1.54, 1.807) is 0 Å². The molecule has 2 nitrogen and oxygen atoms in total. The summed E-state index contributed by atoms with van der Waals surface area (Å²) in [6.07, 6.45) is -0.142. The molecule has 0 radical (unpaired) electrons. The molecule has 0 aliphatic heterocycles. The van der Waals surface area contributed by atoms with E-state index < -0.39 is 0 Å². The van der Waals surface area contributed by atoms with Gasteiger partial charge < -0.3 is 10.5 Å². The molecule has 1 atom stereocenters. The molecule has 2 N–H and O–H groups in total. The molecule has 0 aromatic heterocycles. The summed E-state index contributed by atoms with van der Waals surface area (Å²) in [6.45, 7) is 7.60. The van der Waals surface area contributed by atoms with Gasteiger partial charge in [-0.3, -0.25) is 0 Å². The van der Waals surface area contributed by atoms with Crippen molar-refractivity contribution in [2.45, 2.75) is 38.9 Å². The second-order valence-electron chi connectivity index (χ2n) is 6.54. The molecule has 0 unspecified atom stereocenters. The van der Waals surface area contributed by atoms with E-state index in [1.807, 2.05) is 24.3 Å². The Morgan fingerprint density at radius 1 is 1.09 bits per heavy atom. The molecular formula is C19H24ClNO. The molecule has 2 aromatic rings. The van der Waals surface area contributed by atoms with E-state index in [1.165, 1.54) is 5.56 Å². The molecule has 0 bridgehead atoms. The molecule has 3 heteroatoms. The lowest BCUT2D eigenvalue weighted by molar-refractivity contribution is 0.0456. The van der Waals surface area contributed by atoms with E-state index in [4.69, 9.17) is 22.1 Å². The number of nitrogens with two attached hydrogens (primary N) is 1. The lowest BCUT2D eigenvalue weighted by atomic mass is 9.86. The number of hydrogen-bond acceptors (Lipinski definition) is 2. The minimum absolute atomic E-state index is 0.135. The molecule has 22 heavy (non-hydrogen) atoms. The second kappa shape index (κ2) is 7.28. The van der Waals surface area contributed by atoms with Gasteiger partial charge >= 0.3 is 0 Å². The Morgan fingerprint density at radius 3 is 2.45 bits per heavy atom. The van der Waals surface area contributed by atoms with E-state index in [0.717, 1.165) is 11.1 Å². The van der Waals surface area contributed by atoms with Crippen molar-refractivity contribution in [2.75, 3.05) is 6.54 Å². The Balaban J connectivity index is 2.08. The van der Waals surface area contributed by atoms with Gasteiger partial charge in [0, 0.05) is 11.6 Å². The quantitative estimate of drug-likeness (QED) is 0.855. The summed E-state index contributed by atoms with van der Waals surface area (Å²) in [4.78, 5) is 0. The highest BCUT2D eigenvalue weighted by Crippen LogP contribution is 2.25. The van der Waals surface area contributed by atoms with Gasteiger partial charge in [-0.25, -0.2) is 0 Å². The van der Waals surface area contributed by atoms with Gasteiger partial charge in [0.1, 0.15) is 0 Å². The predicted octanol–water partition coefficient (Wildman–Crippen LogP) is 4.85. The van der Waals surface area contributed by atoms with Crippen molar-refractivity contribution in [1.82, 2.24) is 0 Å². The molecular weight excluding hydrogens is 294 g/mol. The number of ether oxygens (including phenoxy) is 1. The van der Waals surface area contributed by atoms with Crippen molar-refractivity contribution < 1.29 is 4.74 Å². The van der Waals surface area contributed by atoms with Crippen LogP contribution in [0.5, 0.6) is 0 Å². The summed E-state index contributed by atoms with van der Waals surface area (Å²) in [6, 6.07) is 16.2. The topological polar surface area (TPSA) is 35.2 Å². The average Bonchev–Trinajstić information content (AvgIpc) is 2.47. The fourth-order valence-corrected chi connectivity index (χ4v) is 2.53. The smallest absolute Gasteiger partial charge is 0.0952 e. The third kappa shape index (κ3) is 4.57. The maximum atomic E-state index is 6.04. The molecule has 0 saturated carbocycles. The molecule has 2 rings (SSSR count). The van der Waals surface area contributed by atoms with E-state index in [2.05, 4.69) is 45.0 Å². The summed E-state index contributed by atoms with van der Waals surface area (Å²) < 4.78 is 6.00. The van der Waals surface area contributed by atoms with Crippen LogP contribution in [0.2, 0.25) is 5.02 Å². The van der Waals surface area contributed by atoms with Crippen molar-refractivity contribution >= 4 is 11.6 Å². The summed E-state index contributed by atoms with van der Waals surface area (Å²) in [5.74, 6) is 0. The maximum Gasteiger partial charge on any atom is 0.0952 e. The highest BCUT2D eigenvalue weighted by molar-refractivity contribution is 6.30. The van der Waals surface area contributed by atoms with Gasteiger partial charge in [0.25, 0.3) is 0 Å². The highest BCUT2D eigenvalue weighted by atomic mass is 35.5. The van der Waals surface area contributed by atoms with Crippen LogP contribution < -0.4 is 5.73 Å². The Kier molecular flexibility index (Phi) is 5.63. The first-order chi connectivity index (χ1) is 10.4. The van der Waals surface area contributed by atoms with Gasteiger partial charge in [0.2, 0.25) is 0 Å². The second-order valence-corrected chi connectivity index (χ2v) is 6.98. The molecule has 0 heterocycles. The Labute approximate surface area is 138 Å². The molecule has 0 saturated heterocycles. The summed E-state index contributed by atoms with van der Waals surface area (Å²) in [5.41, 5.74) is 9.47. The van der Waals surface area contributed by atoms with Gasteiger partial charge in [0.15, 0.2) is 0 Å². The number of rotatable bonds is 5. The van der Waals surface area contributed by atoms with E-state index in [9.17, 15) is 0 Å². The van der Waals surface area contributed by atoms with E-state index in [-0.39, 0.29) is 11.5 Å². The van der Waals surface area contributed by atoms with E-state index in [0.29, 0.717) is 18.2 Å². The molecule has 2 aromatic carbocycles. The zero-order valence-corrected chi connectivity index (χ0v) is 14.2. The normalized spacial score (nSPS) is 13.1. The first-order valence-electron chi connectivity index (χ1n) is 7.56. The van der Waals surface area contributed by atoms with Crippen LogP contribution in [0.15, 0.2) is 48.5 Å².